The molecule has 122 valence electrons. The minimum atomic E-state index is 0.392. The first-order valence-electron chi connectivity index (χ1n) is 9.14. The second-order valence-corrected chi connectivity index (χ2v) is 6.77. The quantitative estimate of drug-likeness (QED) is 0.409. The van der Waals surface area contributed by atoms with Crippen molar-refractivity contribution in [3.63, 3.8) is 0 Å². The lowest BCUT2D eigenvalue weighted by atomic mass is 10.0. The number of nitrogens with two attached hydrogens (primary N) is 2. The molecular formula is C18H40N2. The number of hydrogen-bond acceptors (Lipinski definition) is 2. The fourth-order valence-corrected chi connectivity index (χ4v) is 2.70. The van der Waals surface area contributed by atoms with Gasteiger partial charge in [-0.1, -0.05) is 77.0 Å². The highest BCUT2D eigenvalue weighted by Gasteiger charge is 1.96. The lowest BCUT2D eigenvalue weighted by Crippen LogP contribution is -2.13. The highest BCUT2D eigenvalue weighted by molar-refractivity contribution is 4.55. The van der Waals surface area contributed by atoms with Crippen molar-refractivity contribution in [2.24, 2.45) is 11.5 Å². The van der Waals surface area contributed by atoms with Crippen LogP contribution in [0, 0.1) is 0 Å². The zero-order valence-electron chi connectivity index (χ0n) is 14.2. The molecule has 4 N–H and O–H groups in total. The first-order valence-corrected chi connectivity index (χ1v) is 9.14. The molecule has 0 aromatic rings. The van der Waals surface area contributed by atoms with Crippen molar-refractivity contribution < 1.29 is 0 Å². The van der Waals surface area contributed by atoms with Gasteiger partial charge < -0.3 is 11.5 Å². The number of rotatable bonds is 15. The van der Waals surface area contributed by atoms with Crippen LogP contribution in [-0.2, 0) is 0 Å². The van der Waals surface area contributed by atoms with Crippen molar-refractivity contribution in [2.75, 3.05) is 0 Å². The monoisotopic (exact) mass is 284 g/mol. The molecule has 0 aromatic heterocycles. The fourth-order valence-electron chi connectivity index (χ4n) is 2.70. The largest absolute Gasteiger partial charge is 0.328 e. The summed E-state index contributed by atoms with van der Waals surface area (Å²) >= 11 is 0. The van der Waals surface area contributed by atoms with Crippen LogP contribution >= 0.6 is 0 Å². The van der Waals surface area contributed by atoms with Gasteiger partial charge in [0.1, 0.15) is 0 Å². The first-order chi connectivity index (χ1) is 9.63. The third kappa shape index (κ3) is 17.9. The fraction of sp³-hybridized carbons (Fsp3) is 1.00. The Kier molecular flexibility index (Phi) is 15.3. The second-order valence-electron chi connectivity index (χ2n) is 6.77. The Morgan fingerprint density at radius 2 is 0.650 bits per heavy atom. The molecule has 2 nitrogen and oxygen atoms in total. The summed E-state index contributed by atoms with van der Waals surface area (Å²) < 4.78 is 0. The van der Waals surface area contributed by atoms with Crippen LogP contribution in [0.4, 0.5) is 0 Å². The normalized spacial score (nSPS) is 14.4. The smallest absolute Gasteiger partial charge is 0.00104 e. The predicted octanol–water partition coefficient (Wildman–Crippen LogP) is 5.14. The molecule has 0 rings (SSSR count). The molecule has 0 aliphatic carbocycles. The zero-order chi connectivity index (χ0) is 15.1. The Labute approximate surface area is 128 Å². The van der Waals surface area contributed by atoms with E-state index in [1.165, 1.54) is 89.9 Å². The van der Waals surface area contributed by atoms with Crippen LogP contribution < -0.4 is 11.5 Å². The standard InChI is InChI=1S/C18H40N2/c1-17(19)15-13-11-9-7-5-3-4-6-8-10-12-14-16-18(2)20/h17-18H,3-16,19-20H2,1-2H3. The van der Waals surface area contributed by atoms with Crippen molar-refractivity contribution in [1.29, 1.82) is 0 Å². The van der Waals surface area contributed by atoms with Gasteiger partial charge in [0, 0.05) is 12.1 Å². The van der Waals surface area contributed by atoms with Gasteiger partial charge in [-0.2, -0.15) is 0 Å². The SMILES string of the molecule is CC(N)CCCCCCCCCCCCCCC(C)N. The van der Waals surface area contributed by atoms with Crippen LogP contribution in [0.2, 0.25) is 0 Å². The van der Waals surface area contributed by atoms with Gasteiger partial charge in [-0.05, 0) is 26.7 Å². The molecule has 0 heterocycles. The molecule has 0 saturated carbocycles. The third-order valence-electron chi connectivity index (χ3n) is 4.07. The molecule has 0 bridgehead atoms. The third-order valence-corrected chi connectivity index (χ3v) is 4.07. The van der Waals surface area contributed by atoms with Crippen LogP contribution in [-0.4, -0.2) is 12.1 Å². The Morgan fingerprint density at radius 3 is 0.850 bits per heavy atom. The van der Waals surface area contributed by atoms with Crippen LogP contribution in [0.1, 0.15) is 104 Å². The van der Waals surface area contributed by atoms with Crippen molar-refractivity contribution in [1.82, 2.24) is 0 Å². The summed E-state index contributed by atoms with van der Waals surface area (Å²) in [6.45, 7) is 4.22. The minimum Gasteiger partial charge on any atom is -0.328 e. The maximum Gasteiger partial charge on any atom is 0.00104 e. The summed E-state index contributed by atoms with van der Waals surface area (Å²) in [5.74, 6) is 0. The van der Waals surface area contributed by atoms with Gasteiger partial charge in [0.2, 0.25) is 0 Å². The van der Waals surface area contributed by atoms with E-state index in [0.717, 1.165) is 0 Å². The summed E-state index contributed by atoms with van der Waals surface area (Å²) in [7, 11) is 0. The van der Waals surface area contributed by atoms with Gasteiger partial charge >= 0.3 is 0 Å². The lowest BCUT2D eigenvalue weighted by Gasteiger charge is -2.05. The molecule has 0 spiro atoms. The molecule has 2 heteroatoms. The summed E-state index contributed by atoms with van der Waals surface area (Å²) in [4.78, 5) is 0. The molecule has 0 aliphatic heterocycles. The molecular weight excluding hydrogens is 244 g/mol. The van der Waals surface area contributed by atoms with Crippen LogP contribution in [0.15, 0.2) is 0 Å². The van der Waals surface area contributed by atoms with E-state index in [2.05, 4.69) is 13.8 Å². The maximum atomic E-state index is 5.74. The molecule has 2 atom stereocenters. The van der Waals surface area contributed by atoms with Crippen LogP contribution in [0.25, 0.3) is 0 Å². The van der Waals surface area contributed by atoms with E-state index < -0.39 is 0 Å². The van der Waals surface area contributed by atoms with Gasteiger partial charge in [0.05, 0.1) is 0 Å². The number of unbranched alkanes of at least 4 members (excludes halogenated alkanes) is 11. The summed E-state index contributed by atoms with van der Waals surface area (Å²) in [6, 6.07) is 0.783. The summed E-state index contributed by atoms with van der Waals surface area (Å²) in [5, 5.41) is 0. The van der Waals surface area contributed by atoms with Gasteiger partial charge in [-0.3, -0.25) is 0 Å². The van der Waals surface area contributed by atoms with Gasteiger partial charge in [0.15, 0.2) is 0 Å². The van der Waals surface area contributed by atoms with E-state index in [1.807, 2.05) is 0 Å². The lowest BCUT2D eigenvalue weighted by molar-refractivity contribution is 0.518. The average Bonchev–Trinajstić information content (AvgIpc) is 2.38. The highest BCUT2D eigenvalue weighted by atomic mass is 14.6. The second kappa shape index (κ2) is 15.3. The average molecular weight is 285 g/mol. The van der Waals surface area contributed by atoms with E-state index >= 15 is 0 Å². The van der Waals surface area contributed by atoms with Crippen molar-refractivity contribution in [2.45, 2.75) is 116 Å². The van der Waals surface area contributed by atoms with Gasteiger partial charge in [-0.15, -0.1) is 0 Å². The van der Waals surface area contributed by atoms with E-state index in [0.29, 0.717) is 12.1 Å². The van der Waals surface area contributed by atoms with E-state index in [4.69, 9.17) is 11.5 Å². The summed E-state index contributed by atoms with van der Waals surface area (Å²) in [6.07, 6.45) is 19.2. The van der Waals surface area contributed by atoms with Crippen molar-refractivity contribution >= 4 is 0 Å². The molecule has 20 heavy (non-hydrogen) atoms. The van der Waals surface area contributed by atoms with Gasteiger partial charge in [-0.25, -0.2) is 0 Å². The van der Waals surface area contributed by atoms with Crippen LogP contribution in [0.5, 0.6) is 0 Å². The Balaban J connectivity index is 2.96. The molecule has 0 radical (unpaired) electrons. The van der Waals surface area contributed by atoms with E-state index in [-0.39, 0.29) is 0 Å². The first kappa shape index (κ1) is 19.9. The molecule has 0 aromatic carbocycles. The summed E-state index contributed by atoms with van der Waals surface area (Å²) in [5.41, 5.74) is 11.5. The maximum absolute atomic E-state index is 5.74. The minimum absolute atomic E-state index is 0.392. The molecule has 0 amide bonds. The topological polar surface area (TPSA) is 52.0 Å². The Bertz CT molecular complexity index is 158. The molecule has 0 aliphatic rings. The predicted molar refractivity (Wildman–Crippen MR) is 91.9 cm³/mol. The van der Waals surface area contributed by atoms with Crippen LogP contribution in [0.3, 0.4) is 0 Å². The molecule has 0 fully saturated rings. The Hall–Kier alpha value is -0.0800. The van der Waals surface area contributed by atoms with E-state index in [9.17, 15) is 0 Å². The van der Waals surface area contributed by atoms with Crippen molar-refractivity contribution in [3.8, 4) is 0 Å². The van der Waals surface area contributed by atoms with Crippen molar-refractivity contribution in [3.05, 3.63) is 0 Å². The Morgan fingerprint density at radius 1 is 0.450 bits per heavy atom. The number of hydrogen-bond donors (Lipinski definition) is 2. The zero-order valence-corrected chi connectivity index (χ0v) is 14.2. The van der Waals surface area contributed by atoms with Gasteiger partial charge in [0.25, 0.3) is 0 Å². The van der Waals surface area contributed by atoms with E-state index in [1.54, 1.807) is 0 Å². The molecule has 2 unspecified atom stereocenters. The highest BCUT2D eigenvalue weighted by Crippen LogP contribution is 2.13. The molecule has 0 saturated heterocycles.